The van der Waals surface area contributed by atoms with Gasteiger partial charge in [-0.15, -0.1) is 0 Å². The average Bonchev–Trinajstić information content (AvgIpc) is 3.16. The number of anilines is 1. The van der Waals surface area contributed by atoms with E-state index in [2.05, 4.69) is 5.10 Å². The van der Waals surface area contributed by atoms with Crippen molar-refractivity contribution in [3.8, 4) is 0 Å². The van der Waals surface area contributed by atoms with Crippen LogP contribution < -0.4 is 4.90 Å². The zero-order valence-corrected chi connectivity index (χ0v) is 12.6. The fraction of sp³-hybridized carbons (Fsp3) is 0.353. The smallest absolute Gasteiger partial charge is 0.312 e. The first-order valence-corrected chi connectivity index (χ1v) is 7.85. The second-order valence-corrected chi connectivity index (χ2v) is 6.05. The zero-order chi connectivity index (χ0) is 16.0. The molecule has 6 nitrogen and oxygen atoms in total. The van der Waals surface area contributed by atoms with Crippen molar-refractivity contribution in [2.75, 3.05) is 11.4 Å². The normalized spacial score (nSPS) is 19.3. The van der Waals surface area contributed by atoms with Gasteiger partial charge in [-0.3, -0.25) is 14.3 Å². The van der Waals surface area contributed by atoms with Crippen LogP contribution in [0.5, 0.6) is 0 Å². The highest BCUT2D eigenvalue weighted by Crippen LogP contribution is 2.37. The van der Waals surface area contributed by atoms with Crippen LogP contribution >= 0.6 is 0 Å². The number of benzene rings is 1. The van der Waals surface area contributed by atoms with Crippen LogP contribution in [-0.4, -0.2) is 33.3 Å². The molecular formula is C17H17N3O3. The van der Waals surface area contributed by atoms with E-state index < -0.39 is 11.9 Å². The van der Waals surface area contributed by atoms with Gasteiger partial charge in [-0.05, 0) is 30.9 Å². The molecule has 3 heterocycles. The van der Waals surface area contributed by atoms with Crippen LogP contribution in [0.4, 0.5) is 5.69 Å². The maximum atomic E-state index is 13.0. The number of amides is 1. The molecule has 0 saturated heterocycles. The van der Waals surface area contributed by atoms with Gasteiger partial charge in [-0.25, -0.2) is 0 Å². The van der Waals surface area contributed by atoms with E-state index in [0.29, 0.717) is 16.8 Å². The fourth-order valence-corrected chi connectivity index (χ4v) is 3.56. The van der Waals surface area contributed by atoms with Crippen LogP contribution in [0.2, 0.25) is 0 Å². The first-order valence-electron chi connectivity index (χ1n) is 7.85. The molecule has 1 atom stereocenters. The van der Waals surface area contributed by atoms with Crippen molar-refractivity contribution >= 4 is 17.6 Å². The van der Waals surface area contributed by atoms with Crippen LogP contribution in [-0.2, 0) is 17.8 Å². The summed E-state index contributed by atoms with van der Waals surface area (Å²) in [6.07, 6.45) is 4.61. The van der Waals surface area contributed by atoms with Crippen LogP contribution in [0, 0.1) is 0 Å². The van der Waals surface area contributed by atoms with Crippen molar-refractivity contribution in [1.29, 1.82) is 0 Å². The minimum Gasteiger partial charge on any atom is -0.481 e. The third kappa shape index (κ3) is 2.13. The molecule has 1 N–H and O–H groups in total. The van der Waals surface area contributed by atoms with Gasteiger partial charge in [0.05, 0.1) is 17.5 Å². The number of carboxylic acids is 1. The van der Waals surface area contributed by atoms with Crippen LogP contribution in [0.1, 0.15) is 40.4 Å². The van der Waals surface area contributed by atoms with Gasteiger partial charge < -0.3 is 10.0 Å². The second-order valence-electron chi connectivity index (χ2n) is 6.05. The highest BCUT2D eigenvalue weighted by Gasteiger charge is 2.37. The molecule has 0 bridgehead atoms. The molecule has 1 aromatic carbocycles. The van der Waals surface area contributed by atoms with Crippen molar-refractivity contribution in [1.82, 2.24) is 9.78 Å². The number of carbonyl (C=O) groups excluding carboxylic acids is 1. The molecule has 2 aliphatic heterocycles. The Labute approximate surface area is 133 Å². The molecule has 2 aliphatic rings. The highest BCUT2D eigenvalue weighted by molar-refractivity contribution is 6.09. The van der Waals surface area contributed by atoms with Crippen molar-refractivity contribution < 1.29 is 14.7 Å². The number of carbonyl (C=O) groups is 2. The Bertz CT molecular complexity index is 796. The lowest BCUT2D eigenvalue weighted by Gasteiger charge is -2.19. The zero-order valence-electron chi connectivity index (χ0n) is 12.6. The standard InChI is InChI=1S/C17H17N3O3/c21-16(12-9-18-20-8-4-3-7-15(12)20)19-10-13(17(22)23)11-5-1-2-6-14(11)19/h1-2,5-6,9,13H,3-4,7-8,10H2,(H,22,23). The van der Waals surface area contributed by atoms with Gasteiger partial charge >= 0.3 is 5.97 Å². The number of aliphatic carboxylic acids is 1. The number of rotatable bonds is 2. The van der Waals surface area contributed by atoms with E-state index in [0.717, 1.165) is 31.5 Å². The third-order valence-electron chi connectivity index (χ3n) is 4.72. The number of hydrogen-bond acceptors (Lipinski definition) is 3. The molecule has 23 heavy (non-hydrogen) atoms. The molecular weight excluding hydrogens is 294 g/mol. The molecule has 0 fully saturated rings. The molecule has 118 valence electrons. The molecule has 4 rings (SSSR count). The van der Waals surface area contributed by atoms with Crippen molar-refractivity contribution in [3.05, 3.63) is 47.3 Å². The average molecular weight is 311 g/mol. The minimum atomic E-state index is -0.898. The van der Waals surface area contributed by atoms with Gasteiger partial charge in [-0.2, -0.15) is 5.10 Å². The number of hydrogen-bond donors (Lipinski definition) is 1. The summed E-state index contributed by atoms with van der Waals surface area (Å²) >= 11 is 0. The summed E-state index contributed by atoms with van der Waals surface area (Å²) in [6, 6.07) is 7.24. The number of aryl methyl sites for hydroxylation is 1. The lowest BCUT2D eigenvalue weighted by molar-refractivity contribution is -0.138. The Hall–Kier alpha value is -2.63. The Morgan fingerprint density at radius 2 is 2.04 bits per heavy atom. The first-order chi connectivity index (χ1) is 11.2. The lowest BCUT2D eigenvalue weighted by atomic mass is 10.0. The van der Waals surface area contributed by atoms with Crippen molar-refractivity contribution in [3.63, 3.8) is 0 Å². The van der Waals surface area contributed by atoms with Crippen molar-refractivity contribution in [2.45, 2.75) is 31.7 Å². The van der Waals surface area contributed by atoms with E-state index in [1.807, 2.05) is 22.9 Å². The molecule has 0 spiro atoms. The summed E-state index contributed by atoms with van der Waals surface area (Å²) in [5.41, 5.74) is 2.97. The van der Waals surface area contributed by atoms with Gasteiger partial charge in [0.1, 0.15) is 5.92 Å². The summed E-state index contributed by atoms with van der Waals surface area (Å²) in [4.78, 5) is 26.1. The second kappa shape index (κ2) is 5.22. The third-order valence-corrected chi connectivity index (χ3v) is 4.72. The Kier molecular flexibility index (Phi) is 3.18. The first kappa shape index (κ1) is 14.0. The van der Waals surface area contributed by atoms with Gasteiger partial charge in [0.2, 0.25) is 0 Å². The van der Waals surface area contributed by atoms with Gasteiger partial charge in [0.25, 0.3) is 5.91 Å². The predicted molar refractivity (Wildman–Crippen MR) is 83.7 cm³/mol. The topological polar surface area (TPSA) is 75.4 Å². The number of para-hydroxylation sites is 1. The highest BCUT2D eigenvalue weighted by atomic mass is 16.4. The molecule has 1 amide bonds. The largest absolute Gasteiger partial charge is 0.481 e. The number of aromatic nitrogens is 2. The van der Waals surface area contributed by atoms with E-state index in [-0.39, 0.29) is 12.5 Å². The number of carboxylic acid groups (broad SMARTS) is 1. The van der Waals surface area contributed by atoms with E-state index in [9.17, 15) is 14.7 Å². The summed E-state index contributed by atoms with van der Waals surface area (Å²) in [5, 5.41) is 13.7. The quantitative estimate of drug-likeness (QED) is 0.921. The predicted octanol–water partition coefficient (Wildman–Crippen LogP) is 2.05. The summed E-state index contributed by atoms with van der Waals surface area (Å²) in [5.74, 6) is -1.71. The Morgan fingerprint density at radius 1 is 1.22 bits per heavy atom. The van der Waals surface area contributed by atoms with Gasteiger partial charge in [0.15, 0.2) is 0 Å². The maximum Gasteiger partial charge on any atom is 0.312 e. The summed E-state index contributed by atoms with van der Waals surface area (Å²) < 4.78 is 1.90. The molecule has 2 aromatic rings. The number of fused-ring (bicyclic) bond motifs is 2. The van der Waals surface area contributed by atoms with E-state index in [1.165, 1.54) is 0 Å². The lowest BCUT2D eigenvalue weighted by Crippen LogP contribution is -2.32. The van der Waals surface area contributed by atoms with E-state index in [1.54, 1.807) is 17.2 Å². The van der Waals surface area contributed by atoms with E-state index >= 15 is 0 Å². The van der Waals surface area contributed by atoms with E-state index in [4.69, 9.17) is 0 Å². The Morgan fingerprint density at radius 3 is 2.87 bits per heavy atom. The minimum absolute atomic E-state index is 0.149. The SMILES string of the molecule is O=C(O)C1CN(C(=O)c2cnn3c2CCCC3)c2ccccc21. The molecule has 0 aliphatic carbocycles. The van der Waals surface area contributed by atoms with Crippen LogP contribution in [0.25, 0.3) is 0 Å². The Balaban J connectivity index is 1.72. The number of nitrogens with zero attached hydrogens (tertiary/aromatic N) is 3. The van der Waals surface area contributed by atoms with Crippen LogP contribution in [0.15, 0.2) is 30.5 Å². The monoisotopic (exact) mass is 311 g/mol. The summed E-state index contributed by atoms with van der Waals surface area (Å²) in [7, 11) is 0. The van der Waals surface area contributed by atoms with Crippen molar-refractivity contribution in [2.24, 2.45) is 0 Å². The molecule has 0 radical (unpaired) electrons. The van der Waals surface area contributed by atoms with Gasteiger partial charge in [0, 0.05) is 18.8 Å². The van der Waals surface area contributed by atoms with Crippen LogP contribution in [0.3, 0.4) is 0 Å². The van der Waals surface area contributed by atoms with Gasteiger partial charge in [-0.1, -0.05) is 18.2 Å². The molecule has 1 aromatic heterocycles. The molecule has 0 saturated carbocycles. The molecule has 1 unspecified atom stereocenters. The summed E-state index contributed by atoms with van der Waals surface area (Å²) in [6.45, 7) is 1.02. The maximum absolute atomic E-state index is 13.0. The molecule has 6 heteroatoms. The fourth-order valence-electron chi connectivity index (χ4n) is 3.56.